The predicted octanol–water partition coefficient (Wildman–Crippen LogP) is 3.61. The first-order chi connectivity index (χ1) is 9.59. The third kappa shape index (κ3) is 3.98. The van der Waals surface area contributed by atoms with Crippen LogP contribution < -0.4 is 10.5 Å². The van der Waals surface area contributed by atoms with E-state index in [2.05, 4.69) is 52.8 Å². The highest BCUT2D eigenvalue weighted by atomic mass is 16.6. The van der Waals surface area contributed by atoms with Gasteiger partial charge in [0.2, 0.25) is 0 Å². The number of nitrogens with two attached hydrogens (primary N) is 1. The summed E-state index contributed by atoms with van der Waals surface area (Å²) in [6, 6.07) is 6.45. The normalized spacial score (nSPS) is 24.8. The molecule has 1 heterocycles. The molecule has 0 aliphatic carbocycles. The molecule has 118 valence electrons. The van der Waals surface area contributed by atoms with Crippen molar-refractivity contribution in [1.29, 1.82) is 0 Å². The average Bonchev–Trinajstić information content (AvgIpc) is 2.49. The Bertz CT molecular complexity index is 506. The minimum Gasteiger partial charge on any atom is -0.487 e. The molecule has 1 aliphatic rings. The summed E-state index contributed by atoms with van der Waals surface area (Å²) < 4.78 is 12.4. The van der Waals surface area contributed by atoms with Crippen molar-refractivity contribution >= 4 is 0 Å². The van der Waals surface area contributed by atoms with Gasteiger partial charge in [-0.15, -0.1) is 0 Å². The van der Waals surface area contributed by atoms with Crippen LogP contribution in [0.2, 0.25) is 0 Å². The summed E-state index contributed by atoms with van der Waals surface area (Å²) in [5.74, 6) is 0.942. The van der Waals surface area contributed by atoms with Gasteiger partial charge in [0.1, 0.15) is 17.5 Å². The fourth-order valence-electron chi connectivity index (χ4n) is 3.18. The molecule has 0 saturated carbocycles. The monoisotopic (exact) mass is 291 g/mol. The Morgan fingerprint density at radius 1 is 1.33 bits per heavy atom. The summed E-state index contributed by atoms with van der Waals surface area (Å²) in [6.07, 6.45) is 1.78. The van der Waals surface area contributed by atoms with Gasteiger partial charge in [0.15, 0.2) is 0 Å². The Kier molecular flexibility index (Phi) is 4.36. The van der Waals surface area contributed by atoms with Crippen molar-refractivity contribution in [3.8, 4) is 5.75 Å². The zero-order valence-corrected chi connectivity index (χ0v) is 14.2. The molecule has 0 bridgehead atoms. The fourth-order valence-corrected chi connectivity index (χ4v) is 3.18. The summed E-state index contributed by atoms with van der Waals surface area (Å²) in [4.78, 5) is 0. The lowest BCUT2D eigenvalue weighted by Gasteiger charge is -2.28. The Morgan fingerprint density at radius 2 is 2.00 bits per heavy atom. The van der Waals surface area contributed by atoms with E-state index in [-0.39, 0.29) is 23.3 Å². The zero-order chi connectivity index (χ0) is 15.8. The maximum atomic E-state index is 6.33. The van der Waals surface area contributed by atoms with E-state index < -0.39 is 0 Å². The van der Waals surface area contributed by atoms with Crippen LogP contribution in [0.5, 0.6) is 5.75 Å². The standard InChI is InChI=1S/C18H29NO2/c1-12-7-8-15(14(9-12)10-13(2)19)20-16-11-17(3,4)21-18(16,5)6/h7-9,13,16H,10-11,19H2,1-6H3. The lowest BCUT2D eigenvalue weighted by molar-refractivity contribution is -0.0846. The van der Waals surface area contributed by atoms with Crippen LogP contribution in [0.25, 0.3) is 0 Å². The van der Waals surface area contributed by atoms with Gasteiger partial charge in [-0.25, -0.2) is 0 Å². The van der Waals surface area contributed by atoms with Gasteiger partial charge in [-0.2, -0.15) is 0 Å². The highest BCUT2D eigenvalue weighted by Crippen LogP contribution is 2.40. The number of hydrogen-bond acceptors (Lipinski definition) is 3. The van der Waals surface area contributed by atoms with E-state index in [9.17, 15) is 0 Å². The Labute approximate surface area is 128 Å². The highest BCUT2D eigenvalue weighted by molar-refractivity contribution is 5.38. The molecule has 3 heteroatoms. The van der Waals surface area contributed by atoms with Gasteiger partial charge in [0.25, 0.3) is 0 Å². The fraction of sp³-hybridized carbons (Fsp3) is 0.667. The lowest BCUT2D eigenvalue weighted by atomic mass is 9.96. The van der Waals surface area contributed by atoms with Gasteiger partial charge in [0, 0.05) is 12.5 Å². The maximum Gasteiger partial charge on any atom is 0.130 e. The largest absolute Gasteiger partial charge is 0.487 e. The van der Waals surface area contributed by atoms with Crippen LogP contribution in [0.3, 0.4) is 0 Å². The third-order valence-electron chi connectivity index (χ3n) is 4.02. The first kappa shape index (κ1) is 16.3. The topological polar surface area (TPSA) is 44.5 Å². The van der Waals surface area contributed by atoms with Gasteiger partial charge in [0.05, 0.1) is 5.60 Å². The van der Waals surface area contributed by atoms with Crippen LogP contribution in [0.1, 0.15) is 52.2 Å². The second-order valence-corrected chi connectivity index (χ2v) is 7.57. The van der Waals surface area contributed by atoms with Crippen molar-refractivity contribution in [1.82, 2.24) is 0 Å². The molecule has 0 radical (unpaired) electrons. The van der Waals surface area contributed by atoms with E-state index in [0.717, 1.165) is 18.6 Å². The minimum atomic E-state index is -0.278. The SMILES string of the molecule is Cc1ccc(OC2CC(C)(C)OC2(C)C)c(CC(C)N)c1. The summed E-state index contributed by atoms with van der Waals surface area (Å²) in [6.45, 7) is 12.6. The molecule has 0 spiro atoms. The Hall–Kier alpha value is -1.06. The number of ether oxygens (including phenoxy) is 2. The van der Waals surface area contributed by atoms with Gasteiger partial charge >= 0.3 is 0 Å². The molecule has 21 heavy (non-hydrogen) atoms. The Morgan fingerprint density at radius 3 is 2.52 bits per heavy atom. The van der Waals surface area contributed by atoms with Crippen LogP contribution in [-0.4, -0.2) is 23.3 Å². The lowest BCUT2D eigenvalue weighted by Crippen LogP contribution is -2.37. The molecule has 2 rings (SSSR count). The zero-order valence-electron chi connectivity index (χ0n) is 14.2. The van der Waals surface area contributed by atoms with E-state index in [4.69, 9.17) is 15.2 Å². The molecule has 1 aliphatic heterocycles. The van der Waals surface area contributed by atoms with Gasteiger partial charge < -0.3 is 15.2 Å². The van der Waals surface area contributed by atoms with Crippen LogP contribution >= 0.6 is 0 Å². The predicted molar refractivity (Wildman–Crippen MR) is 86.8 cm³/mol. The third-order valence-corrected chi connectivity index (χ3v) is 4.02. The van der Waals surface area contributed by atoms with Crippen molar-refractivity contribution in [2.75, 3.05) is 0 Å². The summed E-state index contributed by atoms with van der Waals surface area (Å²) in [5.41, 5.74) is 7.97. The maximum absolute atomic E-state index is 6.33. The number of rotatable bonds is 4. The van der Waals surface area contributed by atoms with Crippen LogP contribution in [0, 0.1) is 6.92 Å². The van der Waals surface area contributed by atoms with E-state index in [1.807, 2.05) is 6.92 Å². The molecular formula is C18H29NO2. The average molecular weight is 291 g/mol. The molecular weight excluding hydrogens is 262 g/mol. The molecule has 2 unspecified atom stereocenters. The highest BCUT2D eigenvalue weighted by Gasteiger charge is 2.47. The van der Waals surface area contributed by atoms with Crippen molar-refractivity contribution in [3.63, 3.8) is 0 Å². The molecule has 1 saturated heterocycles. The molecule has 1 aromatic carbocycles. The van der Waals surface area contributed by atoms with Crippen LogP contribution in [-0.2, 0) is 11.2 Å². The summed E-state index contributed by atoms with van der Waals surface area (Å²) >= 11 is 0. The van der Waals surface area contributed by atoms with E-state index in [0.29, 0.717) is 0 Å². The molecule has 2 atom stereocenters. The molecule has 1 fully saturated rings. The van der Waals surface area contributed by atoms with E-state index in [1.54, 1.807) is 0 Å². The van der Waals surface area contributed by atoms with Crippen molar-refractivity contribution in [3.05, 3.63) is 29.3 Å². The number of aryl methyl sites for hydroxylation is 1. The van der Waals surface area contributed by atoms with Crippen molar-refractivity contribution < 1.29 is 9.47 Å². The summed E-state index contributed by atoms with van der Waals surface area (Å²) in [7, 11) is 0. The minimum absolute atomic E-state index is 0.0574. The number of benzene rings is 1. The van der Waals surface area contributed by atoms with Crippen LogP contribution in [0.4, 0.5) is 0 Å². The summed E-state index contributed by atoms with van der Waals surface area (Å²) in [5, 5.41) is 0. The van der Waals surface area contributed by atoms with Gasteiger partial charge in [-0.3, -0.25) is 0 Å². The van der Waals surface area contributed by atoms with Crippen molar-refractivity contribution in [2.45, 2.75) is 77.7 Å². The van der Waals surface area contributed by atoms with E-state index in [1.165, 1.54) is 11.1 Å². The molecule has 0 aromatic heterocycles. The quantitative estimate of drug-likeness (QED) is 0.921. The molecule has 1 aromatic rings. The molecule has 3 nitrogen and oxygen atoms in total. The van der Waals surface area contributed by atoms with Gasteiger partial charge in [-0.05, 0) is 59.6 Å². The first-order valence-corrected chi connectivity index (χ1v) is 7.81. The first-order valence-electron chi connectivity index (χ1n) is 7.81. The second-order valence-electron chi connectivity index (χ2n) is 7.57. The van der Waals surface area contributed by atoms with Crippen molar-refractivity contribution in [2.24, 2.45) is 5.73 Å². The molecule has 0 amide bonds. The van der Waals surface area contributed by atoms with E-state index >= 15 is 0 Å². The van der Waals surface area contributed by atoms with Crippen LogP contribution in [0.15, 0.2) is 18.2 Å². The molecule has 2 N–H and O–H groups in total. The van der Waals surface area contributed by atoms with Gasteiger partial charge in [-0.1, -0.05) is 17.7 Å². The Balaban J connectivity index is 2.23. The smallest absolute Gasteiger partial charge is 0.130 e. The number of hydrogen-bond donors (Lipinski definition) is 1. The second kappa shape index (κ2) is 5.62.